The first-order valence-electron chi connectivity index (χ1n) is 8.66. The number of ether oxygens (including phenoxy) is 1. The zero-order chi connectivity index (χ0) is 19.1. The molecule has 0 aliphatic heterocycles. The Morgan fingerprint density at radius 1 is 1.23 bits per heavy atom. The maximum absolute atomic E-state index is 12.1. The highest BCUT2D eigenvalue weighted by Gasteiger charge is 2.22. The Morgan fingerprint density at radius 2 is 1.92 bits per heavy atom. The van der Waals surface area contributed by atoms with E-state index in [1.165, 1.54) is 7.11 Å². The molecule has 26 heavy (non-hydrogen) atoms. The van der Waals surface area contributed by atoms with Crippen LogP contribution in [0.15, 0.2) is 28.8 Å². The van der Waals surface area contributed by atoms with Gasteiger partial charge in [0.05, 0.1) is 7.11 Å². The highest BCUT2D eigenvalue weighted by Crippen LogP contribution is 2.17. The first-order chi connectivity index (χ1) is 12.4. The van der Waals surface area contributed by atoms with Gasteiger partial charge in [-0.2, -0.15) is 4.98 Å². The molecule has 140 valence electrons. The SMILES string of the molecule is COC(=O)C(CC(C)C)NC(=O)CCc1nc(-c2ccc(C)cc2)no1. The van der Waals surface area contributed by atoms with Crippen LogP contribution in [0.5, 0.6) is 0 Å². The molecule has 1 unspecified atom stereocenters. The smallest absolute Gasteiger partial charge is 0.328 e. The zero-order valence-corrected chi connectivity index (χ0v) is 15.6. The van der Waals surface area contributed by atoms with Gasteiger partial charge in [-0.05, 0) is 19.3 Å². The third-order valence-electron chi connectivity index (χ3n) is 3.87. The molecule has 0 radical (unpaired) electrons. The number of amides is 1. The monoisotopic (exact) mass is 359 g/mol. The van der Waals surface area contributed by atoms with Gasteiger partial charge in [0.25, 0.3) is 0 Å². The number of aryl methyl sites for hydroxylation is 2. The van der Waals surface area contributed by atoms with Crippen LogP contribution in [0.4, 0.5) is 0 Å². The second kappa shape index (κ2) is 9.12. The van der Waals surface area contributed by atoms with Crippen molar-refractivity contribution in [2.45, 2.75) is 46.1 Å². The number of hydrogen-bond acceptors (Lipinski definition) is 6. The van der Waals surface area contributed by atoms with Crippen molar-refractivity contribution in [3.63, 3.8) is 0 Å². The van der Waals surface area contributed by atoms with Gasteiger partial charge in [0.1, 0.15) is 6.04 Å². The number of carbonyl (C=O) groups excluding carboxylic acids is 2. The number of aromatic nitrogens is 2. The predicted molar refractivity (Wildman–Crippen MR) is 96.2 cm³/mol. The summed E-state index contributed by atoms with van der Waals surface area (Å²) in [5.41, 5.74) is 2.01. The lowest BCUT2D eigenvalue weighted by Gasteiger charge is -2.18. The molecular weight excluding hydrogens is 334 g/mol. The molecule has 0 fully saturated rings. The van der Waals surface area contributed by atoms with Gasteiger partial charge in [0.15, 0.2) is 0 Å². The molecule has 7 nitrogen and oxygen atoms in total. The topological polar surface area (TPSA) is 94.3 Å². The summed E-state index contributed by atoms with van der Waals surface area (Å²) in [6.07, 6.45) is 0.984. The predicted octanol–water partition coefficient (Wildman–Crippen LogP) is 2.68. The quantitative estimate of drug-likeness (QED) is 0.728. The van der Waals surface area contributed by atoms with E-state index in [0.29, 0.717) is 24.6 Å². The van der Waals surface area contributed by atoms with Crippen LogP contribution >= 0.6 is 0 Å². The number of nitrogens with zero attached hydrogens (tertiary/aromatic N) is 2. The summed E-state index contributed by atoms with van der Waals surface area (Å²) in [6.45, 7) is 5.96. The minimum Gasteiger partial charge on any atom is -0.467 e. The van der Waals surface area contributed by atoms with E-state index in [0.717, 1.165) is 11.1 Å². The second-order valence-corrected chi connectivity index (χ2v) is 6.65. The van der Waals surface area contributed by atoms with Crippen molar-refractivity contribution in [2.24, 2.45) is 5.92 Å². The Hall–Kier alpha value is -2.70. The Bertz CT molecular complexity index is 737. The van der Waals surface area contributed by atoms with Crippen molar-refractivity contribution in [3.8, 4) is 11.4 Å². The first kappa shape index (κ1) is 19.6. The summed E-state index contributed by atoms with van der Waals surface area (Å²) in [6, 6.07) is 7.15. The minimum absolute atomic E-state index is 0.154. The molecule has 1 N–H and O–H groups in total. The molecule has 0 bridgehead atoms. The van der Waals surface area contributed by atoms with Crippen LogP contribution < -0.4 is 5.32 Å². The Morgan fingerprint density at radius 3 is 2.54 bits per heavy atom. The van der Waals surface area contributed by atoms with Gasteiger partial charge < -0.3 is 14.6 Å². The van der Waals surface area contributed by atoms with Crippen LogP contribution in [0.3, 0.4) is 0 Å². The summed E-state index contributed by atoms with van der Waals surface area (Å²) in [7, 11) is 1.31. The molecule has 1 aromatic carbocycles. The fourth-order valence-electron chi connectivity index (χ4n) is 2.49. The van der Waals surface area contributed by atoms with E-state index in [1.807, 2.05) is 45.0 Å². The van der Waals surface area contributed by atoms with Gasteiger partial charge in [-0.1, -0.05) is 48.8 Å². The van der Waals surface area contributed by atoms with Crippen LogP contribution in [0, 0.1) is 12.8 Å². The molecule has 1 atom stereocenters. The minimum atomic E-state index is -0.640. The standard InChI is InChI=1S/C19H25N3O4/c1-12(2)11-15(19(24)25-4)20-16(23)9-10-17-21-18(22-26-17)14-7-5-13(3)6-8-14/h5-8,12,15H,9-11H2,1-4H3,(H,20,23). The van der Waals surface area contributed by atoms with Crippen molar-refractivity contribution < 1.29 is 18.8 Å². The third kappa shape index (κ3) is 5.68. The third-order valence-corrected chi connectivity index (χ3v) is 3.87. The number of nitrogens with one attached hydrogen (secondary N) is 1. The maximum Gasteiger partial charge on any atom is 0.328 e. The molecule has 1 aromatic heterocycles. The Kier molecular flexibility index (Phi) is 6.89. The van der Waals surface area contributed by atoms with Crippen molar-refractivity contribution in [1.29, 1.82) is 0 Å². The Labute approximate surface area is 153 Å². The summed E-state index contributed by atoms with van der Waals surface area (Å²) in [4.78, 5) is 28.2. The molecule has 1 heterocycles. The highest BCUT2D eigenvalue weighted by molar-refractivity contribution is 5.84. The van der Waals surface area contributed by atoms with Gasteiger partial charge in [-0.15, -0.1) is 0 Å². The molecule has 0 saturated heterocycles. The summed E-state index contributed by atoms with van der Waals surface area (Å²) >= 11 is 0. The molecule has 2 aromatic rings. The lowest BCUT2D eigenvalue weighted by molar-refractivity contribution is -0.145. The van der Waals surface area contributed by atoms with Crippen molar-refractivity contribution in [1.82, 2.24) is 15.5 Å². The van der Waals surface area contributed by atoms with E-state index in [4.69, 9.17) is 9.26 Å². The van der Waals surface area contributed by atoms with E-state index in [2.05, 4.69) is 15.5 Å². The molecule has 2 rings (SSSR count). The van der Waals surface area contributed by atoms with E-state index in [-0.39, 0.29) is 18.2 Å². The molecule has 0 spiro atoms. The maximum atomic E-state index is 12.1. The van der Waals surface area contributed by atoms with Crippen LogP contribution in [-0.2, 0) is 20.7 Å². The van der Waals surface area contributed by atoms with Crippen LogP contribution in [0.25, 0.3) is 11.4 Å². The van der Waals surface area contributed by atoms with E-state index >= 15 is 0 Å². The number of benzene rings is 1. The molecule has 0 aliphatic carbocycles. The second-order valence-electron chi connectivity index (χ2n) is 6.65. The zero-order valence-electron chi connectivity index (χ0n) is 15.6. The van der Waals surface area contributed by atoms with E-state index in [9.17, 15) is 9.59 Å². The number of methoxy groups -OCH3 is 1. The Balaban J connectivity index is 1.90. The van der Waals surface area contributed by atoms with Crippen LogP contribution in [0.2, 0.25) is 0 Å². The lowest BCUT2D eigenvalue weighted by Crippen LogP contribution is -2.42. The number of rotatable bonds is 8. The summed E-state index contributed by atoms with van der Waals surface area (Å²) < 4.78 is 9.95. The largest absolute Gasteiger partial charge is 0.467 e. The number of carbonyl (C=O) groups is 2. The average molecular weight is 359 g/mol. The van der Waals surface area contributed by atoms with E-state index in [1.54, 1.807) is 0 Å². The average Bonchev–Trinajstić information content (AvgIpc) is 3.08. The van der Waals surface area contributed by atoms with Crippen molar-refractivity contribution >= 4 is 11.9 Å². The fourth-order valence-corrected chi connectivity index (χ4v) is 2.49. The summed E-state index contributed by atoms with van der Waals surface area (Å²) in [5, 5.41) is 6.65. The lowest BCUT2D eigenvalue weighted by atomic mass is 10.0. The highest BCUT2D eigenvalue weighted by atomic mass is 16.5. The van der Waals surface area contributed by atoms with Crippen molar-refractivity contribution in [2.75, 3.05) is 7.11 Å². The normalized spacial score (nSPS) is 12.0. The van der Waals surface area contributed by atoms with Gasteiger partial charge in [-0.3, -0.25) is 4.79 Å². The van der Waals surface area contributed by atoms with Gasteiger partial charge in [-0.25, -0.2) is 4.79 Å². The number of esters is 1. The fraction of sp³-hybridized carbons (Fsp3) is 0.474. The van der Waals surface area contributed by atoms with Crippen LogP contribution in [-0.4, -0.2) is 35.2 Å². The van der Waals surface area contributed by atoms with Gasteiger partial charge >= 0.3 is 5.97 Å². The molecule has 0 saturated carbocycles. The van der Waals surface area contributed by atoms with Crippen molar-refractivity contribution in [3.05, 3.63) is 35.7 Å². The molecule has 7 heteroatoms. The molecular formula is C19H25N3O4. The first-order valence-corrected chi connectivity index (χ1v) is 8.66. The molecule has 1 amide bonds. The number of hydrogen-bond donors (Lipinski definition) is 1. The van der Waals surface area contributed by atoms with E-state index < -0.39 is 12.0 Å². The molecule has 0 aliphatic rings. The van der Waals surface area contributed by atoms with Gasteiger partial charge in [0.2, 0.25) is 17.6 Å². The van der Waals surface area contributed by atoms with Gasteiger partial charge in [0, 0.05) is 18.4 Å². The van der Waals surface area contributed by atoms with Crippen LogP contribution in [0.1, 0.15) is 38.1 Å². The summed E-state index contributed by atoms with van der Waals surface area (Å²) in [5.74, 6) is 0.442.